The Morgan fingerprint density at radius 2 is 2.30 bits per heavy atom. The lowest BCUT2D eigenvalue weighted by molar-refractivity contribution is -0.0609. The third-order valence-corrected chi connectivity index (χ3v) is 5.14. The first-order valence-corrected chi connectivity index (χ1v) is 7.79. The molecule has 20 heavy (non-hydrogen) atoms. The highest BCUT2D eigenvalue weighted by atomic mass is 32.1. The molecule has 2 aromatic rings. The van der Waals surface area contributed by atoms with Crippen LogP contribution in [0.5, 0.6) is 0 Å². The summed E-state index contributed by atoms with van der Waals surface area (Å²) in [6, 6.07) is 4.16. The van der Waals surface area contributed by atoms with Crippen molar-refractivity contribution in [3.8, 4) is 0 Å². The van der Waals surface area contributed by atoms with Crippen LogP contribution in [0.2, 0.25) is 0 Å². The van der Waals surface area contributed by atoms with E-state index in [2.05, 4.69) is 17.5 Å². The minimum absolute atomic E-state index is 0.0425. The van der Waals surface area contributed by atoms with Crippen LogP contribution in [0.25, 0.3) is 10.1 Å². The van der Waals surface area contributed by atoms with E-state index in [0.29, 0.717) is 6.61 Å². The molecule has 0 aliphatic carbocycles. The van der Waals surface area contributed by atoms with Crippen molar-refractivity contribution < 1.29 is 14.2 Å². The van der Waals surface area contributed by atoms with Crippen LogP contribution in [-0.2, 0) is 14.2 Å². The van der Waals surface area contributed by atoms with Crippen LogP contribution in [0.3, 0.4) is 0 Å². The summed E-state index contributed by atoms with van der Waals surface area (Å²) in [5, 5.41) is 3.25. The van der Waals surface area contributed by atoms with Crippen molar-refractivity contribution in [2.24, 2.45) is 0 Å². The van der Waals surface area contributed by atoms with E-state index in [1.54, 1.807) is 25.6 Å². The molecule has 0 radical (unpaired) electrons. The Hall–Kier alpha value is -0.790. The van der Waals surface area contributed by atoms with Gasteiger partial charge in [0.05, 0.1) is 17.4 Å². The molecule has 1 aliphatic rings. The normalized spacial score (nSPS) is 26.4. The third-order valence-electron chi connectivity index (χ3n) is 3.66. The van der Waals surface area contributed by atoms with Crippen LogP contribution in [0.15, 0.2) is 23.7 Å². The van der Waals surface area contributed by atoms with Gasteiger partial charge in [-0.2, -0.15) is 0 Å². The molecule has 0 N–H and O–H groups in total. The molecule has 0 unspecified atom stereocenters. The molecule has 0 amide bonds. The standard InChI is InChI=1S/C14H17NO3S2/c1-16-8-11-10(17-2)7-12(18-11)15-5-3-9-4-6-20-13(9)14(15)19/h3-6,10-12H,7-8H2,1-2H3/t10-,11-,12-/m1/s1. The third kappa shape index (κ3) is 2.42. The van der Waals surface area contributed by atoms with Crippen molar-refractivity contribution >= 4 is 33.6 Å². The first kappa shape index (κ1) is 14.2. The largest absolute Gasteiger partial charge is 0.382 e. The Morgan fingerprint density at radius 1 is 1.45 bits per heavy atom. The fourth-order valence-electron chi connectivity index (χ4n) is 2.63. The second-order valence-corrected chi connectivity index (χ2v) is 6.13. The molecule has 1 saturated heterocycles. The summed E-state index contributed by atoms with van der Waals surface area (Å²) in [5.41, 5.74) is 0. The molecule has 0 aromatic carbocycles. The molecule has 1 fully saturated rings. The maximum Gasteiger partial charge on any atom is 0.137 e. The van der Waals surface area contributed by atoms with Crippen LogP contribution in [0.1, 0.15) is 12.6 Å². The predicted molar refractivity (Wildman–Crippen MR) is 81.8 cm³/mol. The van der Waals surface area contributed by atoms with Crippen molar-refractivity contribution in [3.63, 3.8) is 0 Å². The monoisotopic (exact) mass is 311 g/mol. The van der Waals surface area contributed by atoms with Crippen molar-refractivity contribution in [2.75, 3.05) is 20.8 Å². The van der Waals surface area contributed by atoms with Gasteiger partial charge in [-0.1, -0.05) is 12.2 Å². The maximum atomic E-state index is 6.05. The fraction of sp³-hybridized carbons (Fsp3) is 0.500. The molecule has 108 valence electrons. The van der Waals surface area contributed by atoms with Gasteiger partial charge in [-0.25, -0.2) is 0 Å². The summed E-state index contributed by atoms with van der Waals surface area (Å²) in [7, 11) is 3.38. The van der Waals surface area contributed by atoms with E-state index in [1.807, 2.05) is 10.8 Å². The van der Waals surface area contributed by atoms with Crippen LogP contribution in [0, 0.1) is 4.64 Å². The number of ether oxygens (including phenoxy) is 3. The predicted octanol–water partition coefficient (Wildman–Crippen LogP) is 3.38. The second kappa shape index (κ2) is 5.91. The summed E-state index contributed by atoms with van der Waals surface area (Å²) in [5.74, 6) is 0. The quantitative estimate of drug-likeness (QED) is 0.810. The lowest BCUT2D eigenvalue weighted by Gasteiger charge is -2.17. The molecule has 1 aliphatic heterocycles. The number of fused-ring (bicyclic) bond motifs is 1. The van der Waals surface area contributed by atoms with Gasteiger partial charge in [0.2, 0.25) is 0 Å². The first-order valence-electron chi connectivity index (χ1n) is 6.50. The Labute approximate surface area is 126 Å². The molecule has 4 nitrogen and oxygen atoms in total. The van der Waals surface area contributed by atoms with E-state index >= 15 is 0 Å². The summed E-state index contributed by atoms with van der Waals surface area (Å²) >= 11 is 7.25. The van der Waals surface area contributed by atoms with Gasteiger partial charge >= 0.3 is 0 Å². The van der Waals surface area contributed by atoms with E-state index in [9.17, 15) is 0 Å². The fourth-order valence-corrected chi connectivity index (χ4v) is 3.90. The van der Waals surface area contributed by atoms with Gasteiger partial charge in [0.25, 0.3) is 0 Å². The minimum atomic E-state index is -0.0842. The molecular formula is C14H17NO3S2. The number of aromatic nitrogens is 1. The van der Waals surface area contributed by atoms with Crippen LogP contribution < -0.4 is 0 Å². The Balaban J connectivity index is 1.92. The van der Waals surface area contributed by atoms with Crippen molar-refractivity contribution in [2.45, 2.75) is 24.9 Å². The molecule has 2 aromatic heterocycles. The van der Waals surface area contributed by atoms with E-state index in [4.69, 9.17) is 26.4 Å². The van der Waals surface area contributed by atoms with Crippen molar-refractivity contribution in [1.82, 2.24) is 4.57 Å². The number of hydrogen-bond acceptors (Lipinski definition) is 5. The van der Waals surface area contributed by atoms with Crippen LogP contribution in [-0.4, -0.2) is 37.6 Å². The lowest BCUT2D eigenvalue weighted by Crippen LogP contribution is -2.27. The average molecular weight is 311 g/mol. The van der Waals surface area contributed by atoms with Gasteiger partial charge in [-0.05, 0) is 22.9 Å². The lowest BCUT2D eigenvalue weighted by atomic mass is 10.2. The zero-order chi connectivity index (χ0) is 14.1. The first-order chi connectivity index (χ1) is 9.74. The van der Waals surface area contributed by atoms with Crippen molar-refractivity contribution in [1.29, 1.82) is 0 Å². The number of hydrogen-bond donors (Lipinski definition) is 0. The number of nitrogens with zero attached hydrogens (tertiary/aromatic N) is 1. The molecule has 6 heteroatoms. The highest BCUT2D eigenvalue weighted by Gasteiger charge is 2.36. The summed E-state index contributed by atoms with van der Waals surface area (Å²) in [6.07, 6.45) is 2.70. The minimum Gasteiger partial charge on any atom is -0.382 e. The molecule has 3 heterocycles. The highest BCUT2D eigenvalue weighted by molar-refractivity contribution is 7.71. The smallest absolute Gasteiger partial charge is 0.137 e. The van der Waals surface area contributed by atoms with Gasteiger partial charge in [-0.3, -0.25) is 0 Å². The van der Waals surface area contributed by atoms with Gasteiger partial charge in [0.15, 0.2) is 0 Å². The summed E-state index contributed by atoms with van der Waals surface area (Å²) in [6.45, 7) is 0.531. The summed E-state index contributed by atoms with van der Waals surface area (Å²) < 4.78 is 20.7. The van der Waals surface area contributed by atoms with Gasteiger partial charge in [0.1, 0.15) is 17.0 Å². The molecule has 3 rings (SSSR count). The zero-order valence-corrected chi connectivity index (χ0v) is 13.1. The zero-order valence-electron chi connectivity index (χ0n) is 11.4. The molecule has 0 spiro atoms. The highest BCUT2D eigenvalue weighted by Crippen LogP contribution is 2.33. The molecule has 3 atom stereocenters. The van der Waals surface area contributed by atoms with Crippen LogP contribution in [0.4, 0.5) is 0 Å². The average Bonchev–Trinajstić information content (AvgIpc) is 3.06. The topological polar surface area (TPSA) is 32.6 Å². The van der Waals surface area contributed by atoms with Gasteiger partial charge < -0.3 is 18.8 Å². The van der Waals surface area contributed by atoms with E-state index in [-0.39, 0.29) is 18.4 Å². The number of rotatable bonds is 4. The van der Waals surface area contributed by atoms with Crippen LogP contribution >= 0.6 is 23.6 Å². The van der Waals surface area contributed by atoms with E-state index in [1.165, 1.54) is 5.39 Å². The number of thiophene rings is 1. The van der Waals surface area contributed by atoms with Gasteiger partial charge in [0, 0.05) is 26.8 Å². The molecular weight excluding hydrogens is 294 g/mol. The molecule has 0 saturated carbocycles. The Morgan fingerprint density at radius 3 is 3.05 bits per heavy atom. The van der Waals surface area contributed by atoms with E-state index < -0.39 is 0 Å². The maximum absolute atomic E-state index is 6.05. The van der Waals surface area contributed by atoms with Gasteiger partial charge in [-0.15, -0.1) is 11.3 Å². The number of pyridine rings is 1. The second-order valence-electron chi connectivity index (χ2n) is 4.83. The summed E-state index contributed by atoms with van der Waals surface area (Å²) in [4.78, 5) is 0. The van der Waals surface area contributed by atoms with Crippen molar-refractivity contribution in [3.05, 3.63) is 28.4 Å². The Kier molecular flexibility index (Phi) is 4.18. The Bertz CT molecular complexity index is 651. The molecule has 0 bridgehead atoms. The number of methoxy groups -OCH3 is 2. The van der Waals surface area contributed by atoms with E-state index in [0.717, 1.165) is 15.8 Å². The SMILES string of the molecule is COC[C@H]1O[C@@H](n2ccc3ccsc3c2=S)C[C@H]1OC.